The summed E-state index contributed by atoms with van der Waals surface area (Å²) in [7, 11) is 0. The molecule has 6 heteroatoms. The lowest BCUT2D eigenvalue weighted by molar-refractivity contribution is -0.149. The Bertz CT molecular complexity index is 677. The minimum absolute atomic E-state index is 0.0594. The third kappa shape index (κ3) is 2.44. The monoisotopic (exact) mass is 332 g/mol. The molecule has 0 bridgehead atoms. The maximum absolute atomic E-state index is 13.0. The van der Waals surface area contributed by atoms with E-state index in [1.165, 1.54) is 12.1 Å². The summed E-state index contributed by atoms with van der Waals surface area (Å²) in [5.41, 5.74) is 0.291. The third-order valence-electron chi connectivity index (χ3n) is 5.98. The van der Waals surface area contributed by atoms with Gasteiger partial charge in [0.2, 0.25) is 0 Å². The molecule has 2 N–H and O–H groups in total. The number of rotatable bonds is 3. The van der Waals surface area contributed by atoms with Crippen LogP contribution in [0.5, 0.6) is 0 Å². The van der Waals surface area contributed by atoms with E-state index >= 15 is 0 Å². The quantitative estimate of drug-likeness (QED) is 0.894. The summed E-state index contributed by atoms with van der Waals surface area (Å²) in [4.78, 5) is 25.8. The lowest BCUT2D eigenvalue weighted by Gasteiger charge is -2.23. The molecule has 3 aliphatic rings. The van der Waals surface area contributed by atoms with Gasteiger partial charge < -0.3 is 15.3 Å². The summed E-state index contributed by atoms with van der Waals surface area (Å²) in [5.74, 6) is -0.726. The van der Waals surface area contributed by atoms with Gasteiger partial charge in [0.25, 0.3) is 0 Å². The molecule has 0 aromatic heterocycles. The topological polar surface area (TPSA) is 69.6 Å². The number of halogens is 1. The van der Waals surface area contributed by atoms with Crippen LogP contribution in [0.15, 0.2) is 24.3 Å². The van der Waals surface area contributed by atoms with Crippen LogP contribution >= 0.6 is 0 Å². The molecule has 4 rings (SSSR count). The summed E-state index contributed by atoms with van der Waals surface area (Å²) in [6.45, 7) is 0.846. The van der Waals surface area contributed by atoms with Gasteiger partial charge in [-0.15, -0.1) is 0 Å². The number of amides is 2. The average molecular weight is 332 g/mol. The molecule has 128 valence electrons. The molecule has 4 atom stereocenters. The molecular formula is C18H21FN2O3. The Kier molecular flexibility index (Phi) is 3.51. The van der Waals surface area contributed by atoms with Crippen molar-refractivity contribution >= 4 is 12.0 Å². The summed E-state index contributed by atoms with van der Waals surface area (Å²) in [5, 5.41) is 12.6. The Labute approximate surface area is 139 Å². The van der Waals surface area contributed by atoms with E-state index in [-0.39, 0.29) is 29.7 Å². The predicted molar refractivity (Wildman–Crippen MR) is 85.1 cm³/mol. The maximum Gasteiger partial charge on any atom is 0.317 e. The molecule has 0 radical (unpaired) electrons. The molecule has 2 saturated carbocycles. The number of nitrogens with one attached hydrogen (secondary N) is 1. The first-order valence-electron chi connectivity index (χ1n) is 8.54. The first-order chi connectivity index (χ1) is 11.5. The van der Waals surface area contributed by atoms with E-state index in [0.29, 0.717) is 19.5 Å². The van der Waals surface area contributed by atoms with Gasteiger partial charge in [-0.3, -0.25) is 4.79 Å². The molecule has 5 nitrogen and oxygen atoms in total. The second-order valence-electron chi connectivity index (χ2n) is 7.38. The molecule has 3 fully saturated rings. The first-order valence-corrected chi connectivity index (χ1v) is 8.54. The third-order valence-corrected chi connectivity index (χ3v) is 5.98. The number of carbonyl (C=O) groups excluding carboxylic acids is 1. The number of benzene rings is 1. The number of nitrogens with zero attached hydrogens (tertiary/aromatic N) is 1. The molecule has 1 aromatic carbocycles. The number of hydrogen-bond acceptors (Lipinski definition) is 2. The van der Waals surface area contributed by atoms with Crippen molar-refractivity contribution in [3.05, 3.63) is 35.6 Å². The van der Waals surface area contributed by atoms with Crippen molar-refractivity contribution in [3.63, 3.8) is 0 Å². The van der Waals surface area contributed by atoms with Crippen molar-refractivity contribution in [2.24, 2.45) is 11.3 Å². The van der Waals surface area contributed by atoms with Crippen molar-refractivity contribution in [1.29, 1.82) is 0 Å². The van der Waals surface area contributed by atoms with Crippen molar-refractivity contribution in [2.75, 3.05) is 13.1 Å². The van der Waals surface area contributed by atoms with Crippen LogP contribution < -0.4 is 5.32 Å². The van der Waals surface area contributed by atoms with Crippen LogP contribution in [-0.4, -0.2) is 41.1 Å². The minimum atomic E-state index is -0.768. The zero-order chi connectivity index (χ0) is 16.9. The average Bonchev–Trinajstić information content (AvgIpc) is 3.02. The highest BCUT2D eigenvalue weighted by Crippen LogP contribution is 2.49. The maximum atomic E-state index is 13.0. The van der Waals surface area contributed by atoms with Crippen molar-refractivity contribution < 1.29 is 19.1 Å². The standard InChI is InChI=1S/C18H21FN2O3/c19-13-5-3-11(4-6-13)14-8-15(14)20-17(24)21-9-12-2-1-7-18(12,10-21)16(22)23/h3-6,12,14-15H,1-2,7-10H2,(H,20,24)(H,22,23)/t12-,14-,15+,18+/m0/s1. The van der Waals surface area contributed by atoms with Gasteiger partial charge in [-0.25, -0.2) is 9.18 Å². The first kappa shape index (κ1) is 15.4. The molecule has 2 aliphatic carbocycles. The summed E-state index contributed by atoms with van der Waals surface area (Å²) < 4.78 is 13.0. The number of urea groups is 1. The normalized spacial score (nSPS) is 34.0. The zero-order valence-electron chi connectivity index (χ0n) is 13.4. The van der Waals surface area contributed by atoms with Crippen LogP contribution in [0.3, 0.4) is 0 Å². The van der Waals surface area contributed by atoms with Gasteiger partial charge >= 0.3 is 12.0 Å². The van der Waals surface area contributed by atoms with Crippen LogP contribution in [0.2, 0.25) is 0 Å². The predicted octanol–water partition coefficient (Wildman–Crippen LogP) is 2.58. The Morgan fingerprint density at radius 1 is 1.29 bits per heavy atom. The van der Waals surface area contributed by atoms with Crippen LogP contribution in [0.4, 0.5) is 9.18 Å². The zero-order valence-corrected chi connectivity index (χ0v) is 13.4. The molecular weight excluding hydrogens is 311 g/mol. The van der Waals surface area contributed by atoms with E-state index in [1.807, 2.05) is 0 Å². The molecule has 0 unspecified atom stereocenters. The summed E-state index contributed by atoms with van der Waals surface area (Å²) >= 11 is 0. The molecule has 1 aliphatic heterocycles. The smallest absolute Gasteiger partial charge is 0.317 e. The van der Waals surface area contributed by atoms with Gasteiger partial charge in [-0.1, -0.05) is 18.6 Å². The molecule has 1 heterocycles. The number of carbonyl (C=O) groups is 2. The van der Waals surface area contributed by atoms with E-state index < -0.39 is 11.4 Å². The van der Waals surface area contributed by atoms with Crippen LogP contribution in [0.1, 0.15) is 37.2 Å². The van der Waals surface area contributed by atoms with E-state index in [9.17, 15) is 19.1 Å². The van der Waals surface area contributed by atoms with Crippen LogP contribution in [0, 0.1) is 17.2 Å². The minimum Gasteiger partial charge on any atom is -0.481 e. The lowest BCUT2D eigenvalue weighted by Crippen LogP contribution is -2.42. The highest BCUT2D eigenvalue weighted by atomic mass is 19.1. The van der Waals surface area contributed by atoms with Crippen molar-refractivity contribution in [3.8, 4) is 0 Å². The van der Waals surface area contributed by atoms with Gasteiger partial charge in [0.15, 0.2) is 0 Å². The number of hydrogen-bond donors (Lipinski definition) is 2. The Morgan fingerprint density at radius 2 is 2.04 bits per heavy atom. The fourth-order valence-electron chi connectivity index (χ4n) is 4.48. The highest BCUT2D eigenvalue weighted by molar-refractivity contribution is 5.81. The van der Waals surface area contributed by atoms with Gasteiger partial charge in [0.05, 0.1) is 5.41 Å². The molecule has 1 saturated heterocycles. The Hall–Kier alpha value is -2.11. The van der Waals surface area contributed by atoms with E-state index in [0.717, 1.165) is 24.8 Å². The van der Waals surface area contributed by atoms with Gasteiger partial charge in [0, 0.05) is 25.0 Å². The van der Waals surface area contributed by atoms with E-state index in [1.54, 1.807) is 17.0 Å². The van der Waals surface area contributed by atoms with Crippen molar-refractivity contribution in [1.82, 2.24) is 10.2 Å². The van der Waals surface area contributed by atoms with Gasteiger partial charge in [-0.2, -0.15) is 0 Å². The Balaban J connectivity index is 1.37. The number of carboxylic acids is 1. The number of likely N-dealkylation sites (tertiary alicyclic amines) is 1. The Morgan fingerprint density at radius 3 is 2.71 bits per heavy atom. The number of aliphatic carboxylic acids is 1. The van der Waals surface area contributed by atoms with Gasteiger partial charge in [-0.05, 0) is 42.9 Å². The number of fused-ring (bicyclic) bond motifs is 1. The summed E-state index contributed by atoms with van der Waals surface area (Å²) in [6.07, 6.45) is 3.33. The summed E-state index contributed by atoms with van der Waals surface area (Å²) in [6, 6.07) is 6.27. The highest BCUT2D eigenvalue weighted by Gasteiger charge is 2.56. The van der Waals surface area contributed by atoms with E-state index in [2.05, 4.69) is 5.32 Å². The molecule has 2 amide bonds. The SMILES string of the molecule is O=C(N[C@@H]1C[C@H]1c1ccc(F)cc1)N1C[C@@H]2CCC[C@@]2(C(=O)O)C1. The van der Waals surface area contributed by atoms with Gasteiger partial charge in [0.1, 0.15) is 5.82 Å². The molecule has 24 heavy (non-hydrogen) atoms. The number of carboxylic acid groups (broad SMARTS) is 1. The largest absolute Gasteiger partial charge is 0.481 e. The molecule has 0 spiro atoms. The lowest BCUT2D eigenvalue weighted by atomic mass is 9.81. The fraction of sp³-hybridized carbons (Fsp3) is 0.556. The second kappa shape index (κ2) is 5.46. The van der Waals surface area contributed by atoms with Crippen LogP contribution in [-0.2, 0) is 4.79 Å². The molecule has 1 aromatic rings. The fourth-order valence-corrected chi connectivity index (χ4v) is 4.48. The van der Waals surface area contributed by atoms with Crippen LogP contribution in [0.25, 0.3) is 0 Å². The van der Waals surface area contributed by atoms with Crippen molar-refractivity contribution in [2.45, 2.75) is 37.6 Å². The second-order valence-corrected chi connectivity index (χ2v) is 7.38. The van der Waals surface area contributed by atoms with E-state index in [4.69, 9.17) is 0 Å².